The van der Waals surface area contributed by atoms with E-state index in [1.165, 1.54) is 16.5 Å². The SMILES string of the molecule is COc1ccc(N2Cc3cnc(N(CCCCCc4ccccc4)C(=O)c4ccccc4O)nc3N(c3ccccc3)C2=O)cc1. The zero-order valence-corrected chi connectivity index (χ0v) is 25.6. The Kier molecular flexibility index (Phi) is 9.19. The summed E-state index contributed by atoms with van der Waals surface area (Å²) in [6.45, 7) is 0.592. The Morgan fingerprint density at radius 2 is 1.54 bits per heavy atom. The van der Waals surface area contributed by atoms with Crippen molar-refractivity contribution in [2.24, 2.45) is 0 Å². The van der Waals surface area contributed by atoms with E-state index in [4.69, 9.17) is 9.72 Å². The number of methoxy groups -OCH3 is 1. The number of ether oxygens (including phenoxy) is 1. The second kappa shape index (κ2) is 13.9. The normalized spacial score (nSPS) is 12.5. The number of urea groups is 1. The molecule has 4 aromatic carbocycles. The molecule has 3 amide bonds. The number of rotatable bonds is 11. The van der Waals surface area contributed by atoms with Crippen molar-refractivity contribution in [3.63, 3.8) is 0 Å². The molecule has 6 rings (SSSR count). The van der Waals surface area contributed by atoms with E-state index in [1.807, 2.05) is 72.8 Å². The van der Waals surface area contributed by atoms with E-state index in [0.717, 1.165) is 24.8 Å². The molecule has 1 aliphatic heterocycles. The van der Waals surface area contributed by atoms with Crippen molar-refractivity contribution in [2.45, 2.75) is 32.2 Å². The van der Waals surface area contributed by atoms with Crippen LogP contribution in [-0.2, 0) is 13.0 Å². The molecule has 1 aliphatic rings. The van der Waals surface area contributed by atoms with Gasteiger partial charge in [-0.25, -0.2) is 14.7 Å². The lowest BCUT2D eigenvalue weighted by molar-refractivity contribution is 0.0982. The molecule has 1 aromatic heterocycles. The van der Waals surface area contributed by atoms with Crippen LogP contribution in [0.25, 0.3) is 0 Å². The summed E-state index contributed by atoms with van der Waals surface area (Å²) < 4.78 is 5.30. The summed E-state index contributed by atoms with van der Waals surface area (Å²) in [7, 11) is 1.60. The summed E-state index contributed by atoms with van der Waals surface area (Å²) >= 11 is 0. The molecular formula is C37H35N5O4. The van der Waals surface area contributed by atoms with Gasteiger partial charge in [0.15, 0.2) is 5.82 Å². The van der Waals surface area contributed by atoms with Gasteiger partial charge in [0, 0.05) is 24.0 Å². The first kappa shape index (κ1) is 30.3. The number of unbranched alkanes of at least 4 members (excludes halogenated alkanes) is 2. The molecule has 2 heterocycles. The molecule has 0 bridgehead atoms. The summed E-state index contributed by atoms with van der Waals surface area (Å²) in [4.78, 5) is 42.3. The lowest BCUT2D eigenvalue weighted by Crippen LogP contribution is -2.46. The van der Waals surface area contributed by atoms with E-state index in [2.05, 4.69) is 17.1 Å². The second-order valence-corrected chi connectivity index (χ2v) is 11.0. The number of aryl methyl sites for hydroxylation is 1. The van der Waals surface area contributed by atoms with Crippen LogP contribution in [0.3, 0.4) is 0 Å². The fraction of sp³-hybridized carbons (Fsp3) is 0.189. The van der Waals surface area contributed by atoms with Crippen molar-refractivity contribution >= 4 is 35.1 Å². The molecule has 0 atom stereocenters. The van der Waals surface area contributed by atoms with Crippen molar-refractivity contribution in [1.29, 1.82) is 0 Å². The van der Waals surface area contributed by atoms with E-state index in [9.17, 15) is 14.7 Å². The number of amides is 3. The number of carbonyl (C=O) groups is 2. The number of hydrogen-bond acceptors (Lipinski definition) is 6. The topological polar surface area (TPSA) is 99.1 Å². The van der Waals surface area contributed by atoms with Crippen LogP contribution in [-0.4, -0.2) is 40.7 Å². The van der Waals surface area contributed by atoms with Crippen LogP contribution < -0.4 is 19.4 Å². The third-order valence-corrected chi connectivity index (χ3v) is 8.00. The maximum absolute atomic E-state index is 14.1. The van der Waals surface area contributed by atoms with Crippen LogP contribution in [0.2, 0.25) is 0 Å². The number of carbonyl (C=O) groups excluding carboxylic acids is 2. The molecule has 46 heavy (non-hydrogen) atoms. The maximum atomic E-state index is 14.1. The first-order chi connectivity index (χ1) is 22.5. The Balaban J connectivity index is 1.33. The number of hydrogen-bond donors (Lipinski definition) is 1. The second-order valence-electron chi connectivity index (χ2n) is 11.0. The van der Waals surface area contributed by atoms with E-state index in [1.54, 1.807) is 41.3 Å². The first-order valence-electron chi connectivity index (χ1n) is 15.3. The molecule has 9 nitrogen and oxygen atoms in total. The van der Waals surface area contributed by atoms with Crippen LogP contribution >= 0.6 is 0 Å². The zero-order chi connectivity index (χ0) is 31.9. The molecule has 232 valence electrons. The number of phenolic OH excluding ortho intramolecular Hbond substituents is 1. The molecule has 5 aromatic rings. The van der Waals surface area contributed by atoms with Gasteiger partial charge in [-0.15, -0.1) is 0 Å². The number of aromatic hydroxyl groups is 1. The van der Waals surface area contributed by atoms with E-state index in [0.29, 0.717) is 35.9 Å². The van der Waals surface area contributed by atoms with Gasteiger partial charge < -0.3 is 9.84 Å². The minimum absolute atomic E-state index is 0.115. The van der Waals surface area contributed by atoms with E-state index < -0.39 is 5.91 Å². The van der Waals surface area contributed by atoms with Crippen LogP contribution in [0, 0.1) is 0 Å². The highest BCUT2D eigenvalue weighted by molar-refractivity contribution is 6.11. The van der Waals surface area contributed by atoms with Crippen molar-refractivity contribution < 1.29 is 19.4 Å². The fourth-order valence-corrected chi connectivity index (χ4v) is 5.56. The van der Waals surface area contributed by atoms with Gasteiger partial charge in [0.25, 0.3) is 5.91 Å². The quantitative estimate of drug-likeness (QED) is 0.155. The van der Waals surface area contributed by atoms with Crippen LogP contribution in [0.5, 0.6) is 11.5 Å². The van der Waals surface area contributed by atoms with E-state index >= 15 is 0 Å². The van der Waals surface area contributed by atoms with Gasteiger partial charge >= 0.3 is 6.03 Å². The highest BCUT2D eigenvalue weighted by Crippen LogP contribution is 2.37. The van der Waals surface area contributed by atoms with Crippen LogP contribution in [0.15, 0.2) is 115 Å². The average Bonchev–Trinajstić information content (AvgIpc) is 3.10. The van der Waals surface area contributed by atoms with Crippen molar-refractivity contribution in [3.8, 4) is 11.5 Å². The number of fused-ring (bicyclic) bond motifs is 1. The maximum Gasteiger partial charge on any atom is 0.335 e. The Bertz CT molecular complexity index is 1800. The highest BCUT2D eigenvalue weighted by Gasteiger charge is 2.35. The van der Waals surface area contributed by atoms with Gasteiger partial charge in [-0.05, 0) is 73.4 Å². The molecule has 9 heteroatoms. The first-order valence-corrected chi connectivity index (χ1v) is 15.3. The predicted molar refractivity (Wildman–Crippen MR) is 179 cm³/mol. The van der Waals surface area contributed by atoms with Crippen LogP contribution in [0.4, 0.5) is 27.9 Å². The zero-order valence-electron chi connectivity index (χ0n) is 25.6. The fourth-order valence-electron chi connectivity index (χ4n) is 5.56. The van der Waals surface area contributed by atoms with Crippen molar-refractivity contribution in [3.05, 3.63) is 132 Å². The van der Waals surface area contributed by atoms with Gasteiger partial charge in [-0.1, -0.05) is 67.1 Å². The van der Waals surface area contributed by atoms with Gasteiger partial charge in [-0.2, -0.15) is 4.98 Å². The molecule has 0 unspecified atom stereocenters. The molecule has 1 N–H and O–H groups in total. The summed E-state index contributed by atoms with van der Waals surface area (Å²) in [6.07, 6.45) is 5.18. The largest absolute Gasteiger partial charge is 0.507 e. The van der Waals surface area contributed by atoms with E-state index in [-0.39, 0.29) is 29.8 Å². The molecule has 0 spiro atoms. The molecule has 0 saturated heterocycles. The molecule has 0 saturated carbocycles. The Morgan fingerprint density at radius 1 is 0.848 bits per heavy atom. The Labute approximate surface area is 268 Å². The molecular weight excluding hydrogens is 578 g/mol. The van der Waals surface area contributed by atoms with Gasteiger partial charge in [-0.3, -0.25) is 14.6 Å². The van der Waals surface area contributed by atoms with Gasteiger partial charge in [0.1, 0.15) is 11.5 Å². The van der Waals surface area contributed by atoms with Gasteiger partial charge in [0.05, 0.1) is 24.9 Å². The number of aromatic nitrogens is 2. The van der Waals surface area contributed by atoms with Crippen molar-refractivity contribution in [1.82, 2.24) is 9.97 Å². The third-order valence-electron chi connectivity index (χ3n) is 8.00. The molecule has 0 fully saturated rings. The third kappa shape index (κ3) is 6.53. The summed E-state index contributed by atoms with van der Waals surface area (Å²) in [5.41, 5.74) is 3.50. The minimum atomic E-state index is -0.408. The minimum Gasteiger partial charge on any atom is -0.507 e. The highest BCUT2D eigenvalue weighted by atomic mass is 16.5. The summed E-state index contributed by atoms with van der Waals surface area (Å²) in [6, 6.07) is 33.1. The average molecular weight is 614 g/mol. The lowest BCUT2D eigenvalue weighted by atomic mass is 10.1. The number of anilines is 4. The summed E-state index contributed by atoms with van der Waals surface area (Å²) in [5, 5.41) is 10.5. The Morgan fingerprint density at radius 3 is 2.26 bits per heavy atom. The number of para-hydroxylation sites is 2. The summed E-state index contributed by atoms with van der Waals surface area (Å²) in [5.74, 6) is 0.743. The molecule has 0 radical (unpaired) electrons. The standard InChI is InChI=1S/C37H35N5O4/c1-46-31-22-20-29(21-23-31)41-26-28-25-38-36(39-34(28)42(37(41)45)30-16-8-3-9-17-30)40(35(44)32-18-10-11-19-33(32)43)24-12-4-7-15-27-13-5-2-6-14-27/h2-3,5-6,8-11,13-14,16-23,25,43H,4,7,12,15,24,26H2,1H3. The van der Waals surface area contributed by atoms with Crippen LogP contribution in [0.1, 0.15) is 40.7 Å². The number of nitrogens with zero attached hydrogens (tertiary/aromatic N) is 5. The van der Waals surface area contributed by atoms with Gasteiger partial charge in [0.2, 0.25) is 5.95 Å². The van der Waals surface area contributed by atoms with Crippen molar-refractivity contribution in [2.75, 3.05) is 28.4 Å². The number of phenols is 1. The predicted octanol–water partition coefficient (Wildman–Crippen LogP) is 7.53. The molecule has 0 aliphatic carbocycles. The Hall–Kier alpha value is -5.70. The number of benzene rings is 4. The monoisotopic (exact) mass is 613 g/mol. The smallest absolute Gasteiger partial charge is 0.335 e. The lowest BCUT2D eigenvalue weighted by Gasteiger charge is -2.36.